The lowest BCUT2D eigenvalue weighted by atomic mass is 10.3. The van der Waals surface area contributed by atoms with Gasteiger partial charge in [-0.2, -0.15) is 13.2 Å². The zero-order valence-electron chi connectivity index (χ0n) is 13.6. The third-order valence-corrected chi connectivity index (χ3v) is 3.80. The molecule has 1 heterocycles. The Morgan fingerprint density at radius 2 is 2.00 bits per heavy atom. The first-order valence-corrected chi connectivity index (χ1v) is 8.58. The largest absolute Gasteiger partial charge is 0.492 e. The van der Waals surface area contributed by atoms with Crippen molar-refractivity contribution in [1.29, 1.82) is 0 Å². The number of aromatic nitrogens is 1. The zero-order valence-corrected chi connectivity index (χ0v) is 14.5. The van der Waals surface area contributed by atoms with Crippen molar-refractivity contribution in [2.75, 3.05) is 19.7 Å². The maximum absolute atomic E-state index is 12.5. The molecule has 9 heteroatoms. The lowest BCUT2D eigenvalue weighted by Gasteiger charge is -2.11. The normalized spacial score (nSPS) is 12.1. The van der Waals surface area contributed by atoms with Gasteiger partial charge in [-0.05, 0) is 19.1 Å². The summed E-state index contributed by atoms with van der Waals surface area (Å²) in [5.74, 6) is 1.27. The van der Waals surface area contributed by atoms with Gasteiger partial charge in [0.15, 0.2) is 11.7 Å². The Kier molecular flexibility index (Phi) is 7.05. The predicted octanol–water partition coefficient (Wildman–Crippen LogP) is 3.30. The van der Waals surface area contributed by atoms with Crippen molar-refractivity contribution in [3.8, 4) is 5.75 Å². The highest BCUT2D eigenvalue weighted by Gasteiger charge is 2.33. The van der Waals surface area contributed by atoms with Gasteiger partial charge in [-0.1, -0.05) is 18.2 Å². The van der Waals surface area contributed by atoms with Gasteiger partial charge in [0.05, 0.1) is 13.1 Å². The van der Waals surface area contributed by atoms with E-state index >= 15 is 0 Å². The molecule has 0 radical (unpaired) electrons. The summed E-state index contributed by atoms with van der Waals surface area (Å²) in [4.78, 5) is 7.80. The quantitative estimate of drug-likeness (QED) is 0.445. The SMILES string of the molecule is CCNC(=NCc1nc(C(F)(F)F)cs1)NCCOc1ccccc1. The van der Waals surface area contributed by atoms with Gasteiger partial charge >= 0.3 is 6.18 Å². The summed E-state index contributed by atoms with van der Waals surface area (Å²) in [5.41, 5.74) is -0.878. The van der Waals surface area contributed by atoms with Crippen LogP contribution in [0.5, 0.6) is 5.75 Å². The molecular formula is C16H19F3N4OS. The van der Waals surface area contributed by atoms with Gasteiger partial charge in [-0.3, -0.25) is 0 Å². The molecule has 2 rings (SSSR count). The van der Waals surface area contributed by atoms with Gasteiger partial charge in [0.25, 0.3) is 0 Å². The summed E-state index contributed by atoms with van der Waals surface area (Å²) in [6, 6.07) is 9.40. The molecule has 1 aromatic carbocycles. The maximum atomic E-state index is 12.5. The van der Waals surface area contributed by atoms with Crippen LogP contribution in [0.4, 0.5) is 13.2 Å². The lowest BCUT2D eigenvalue weighted by Crippen LogP contribution is -2.39. The molecule has 0 bridgehead atoms. The fraction of sp³-hybridized carbons (Fsp3) is 0.375. The van der Waals surface area contributed by atoms with Gasteiger partial charge in [-0.15, -0.1) is 11.3 Å². The van der Waals surface area contributed by atoms with Crippen LogP contribution < -0.4 is 15.4 Å². The van der Waals surface area contributed by atoms with E-state index < -0.39 is 11.9 Å². The monoisotopic (exact) mass is 372 g/mol. The summed E-state index contributed by atoms with van der Waals surface area (Å²) in [6.07, 6.45) is -4.42. The molecule has 25 heavy (non-hydrogen) atoms. The van der Waals surface area contributed by atoms with E-state index in [1.54, 1.807) is 0 Å². The van der Waals surface area contributed by atoms with Crippen LogP contribution in [0.2, 0.25) is 0 Å². The first kappa shape index (κ1) is 19.0. The number of nitrogens with one attached hydrogen (secondary N) is 2. The van der Waals surface area contributed by atoms with Gasteiger partial charge < -0.3 is 15.4 Å². The fourth-order valence-electron chi connectivity index (χ4n) is 1.86. The molecule has 136 valence electrons. The summed E-state index contributed by atoms with van der Waals surface area (Å²) >= 11 is 0.944. The topological polar surface area (TPSA) is 58.5 Å². The summed E-state index contributed by atoms with van der Waals surface area (Å²) in [6.45, 7) is 3.56. The Balaban J connectivity index is 1.82. The van der Waals surface area contributed by atoms with Crippen LogP contribution in [0.25, 0.3) is 0 Å². The Bertz CT molecular complexity index is 674. The molecule has 2 N–H and O–H groups in total. The minimum Gasteiger partial charge on any atom is -0.492 e. The highest BCUT2D eigenvalue weighted by atomic mass is 32.1. The van der Waals surface area contributed by atoms with E-state index in [9.17, 15) is 13.2 Å². The van der Waals surface area contributed by atoms with E-state index in [0.29, 0.717) is 30.7 Å². The molecular weight excluding hydrogens is 353 g/mol. The number of aliphatic imine (C=N–C) groups is 1. The van der Waals surface area contributed by atoms with E-state index in [0.717, 1.165) is 22.5 Å². The lowest BCUT2D eigenvalue weighted by molar-refractivity contribution is -0.140. The molecule has 0 aliphatic heterocycles. The van der Waals surface area contributed by atoms with Crippen LogP contribution >= 0.6 is 11.3 Å². The average Bonchev–Trinajstić information content (AvgIpc) is 3.07. The average molecular weight is 372 g/mol. The molecule has 0 spiro atoms. The molecule has 0 unspecified atom stereocenters. The number of halogens is 3. The number of alkyl halides is 3. The highest BCUT2D eigenvalue weighted by Crippen LogP contribution is 2.30. The van der Waals surface area contributed by atoms with Crippen molar-refractivity contribution < 1.29 is 17.9 Å². The second-order valence-electron chi connectivity index (χ2n) is 4.91. The first-order chi connectivity index (χ1) is 12.0. The van der Waals surface area contributed by atoms with E-state index in [1.165, 1.54) is 0 Å². The van der Waals surface area contributed by atoms with Crippen LogP contribution in [0.3, 0.4) is 0 Å². The standard InChI is InChI=1S/C16H19F3N4OS/c1-2-20-15(21-8-9-24-12-6-4-3-5-7-12)22-10-14-23-13(11-25-14)16(17,18)19/h3-7,11H,2,8-10H2,1H3,(H2,20,21,22). The molecule has 0 amide bonds. The van der Waals surface area contributed by atoms with E-state index in [2.05, 4.69) is 20.6 Å². The molecule has 0 atom stereocenters. The molecule has 0 aliphatic carbocycles. The minimum atomic E-state index is -4.42. The molecule has 5 nitrogen and oxygen atoms in total. The molecule has 0 saturated carbocycles. The zero-order chi connectivity index (χ0) is 18.1. The van der Waals surface area contributed by atoms with E-state index in [4.69, 9.17) is 4.74 Å². The molecule has 0 saturated heterocycles. The highest BCUT2D eigenvalue weighted by molar-refractivity contribution is 7.09. The van der Waals surface area contributed by atoms with E-state index in [1.807, 2.05) is 37.3 Å². The number of nitrogens with zero attached hydrogens (tertiary/aromatic N) is 2. The Morgan fingerprint density at radius 1 is 1.24 bits per heavy atom. The Hall–Kier alpha value is -2.29. The van der Waals surface area contributed by atoms with Crippen molar-refractivity contribution >= 4 is 17.3 Å². The van der Waals surface area contributed by atoms with Crippen molar-refractivity contribution in [2.45, 2.75) is 19.6 Å². The second-order valence-corrected chi connectivity index (χ2v) is 5.85. The first-order valence-electron chi connectivity index (χ1n) is 7.70. The number of rotatable bonds is 7. The van der Waals surface area contributed by atoms with Gasteiger partial charge in [0, 0.05) is 11.9 Å². The third kappa shape index (κ3) is 6.61. The van der Waals surface area contributed by atoms with Crippen LogP contribution in [-0.4, -0.2) is 30.6 Å². The number of hydrogen-bond acceptors (Lipinski definition) is 4. The van der Waals surface area contributed by atoms with Gasteiger partial charge in [0.1, 0.15) is 17.4 Å². The number of hydrogen-bond donors (Lipinski definition) is 2. The fourth-order valence-corrected chi connectivity index (χ4v) is 2.58. The number of thiazole rings is 1. The van der Waals surface area contributed by atoms with Crippen LogP contribution in [0, 0.1) is 0 Å². The summed E-state index contributed by atoms with van der Waals surface area (Å²) in [5, 5.41) is 7.40. The van der Waals surface area contributed by atoms with Crippen LogP contribution in [-0.2, 0) is 12.7 Å². The van der Waals surface area contributed by atoms with Gasteiger partial charge in [0.2, 0.25) is 0 Å². The van der Waals surface area contributed by atoms with Crippen molar-refractivity contribution in [1.82, 2.24) is 15.6 Å². The van der Waals surface area contributed by atoms with Crippen molar-refractivity contribution in [2.24, 2.45) is 4.99 Å². The number of guanidine groups is 1. The molecule has 1 aromatic heterocycles. The smallest absolute Gasteiger partial charge is 0.434 e. The van der Waals surface area contributed by atoms with Crippen molar-refractivity contribution in [3.63, 3.8) is 0 Å². The van der Waals surface area contributed by atoms with E-state index in [-0.39, 0.29) is 6.54 Å². The molecule has 2 aromatic rings. The van der Waals surface area contributed by atoms with Crippen LogP contribution in [0.15, 0.2) is 40.7 Å². The molecule has 0 aliphatic rings. The minimum absolute atomic E-state index is 0.0790. The number of para-hydroxylation sites is 1. The molecule has 0 fully saturated rings. The van der Waals surface area contributed by atoms with Crippen LogP contribution in [0.1, 0.15) is 17.6 Å². The summed E-state index contributed by atoms with van der Waals surface area (Å²) in [7, 11) is 0. The third-order valence-electron chi connectivity index (χ3n) is 2.97. The number of benzene rings is 1. The van der Waals surface area contributed by atoms with Crippen molar-refractivity contribution in [3.05, 3.63) is 46.4 Å². The second kappa shape index (κ2) is 9.26. The predicted molar refractivity (Wildman–Crippen MR) is 91.9 cm³/mol. The number of ether oxygens (including phenoxy) is 1. The van der Waals surface area contributed by atoms with Gasteiger partial charge in [-0.25, -0.2) is 9.98 Å². The Labute approximate surface area is 148 Å². The Morgan fingerprint density at radius 3 is 2.64 bits per heavy atom. The summed E-state index contributed by atoms with van der Waals surface area (Å²) < 4.78 is 43.2. The maximum Gasteiger partial charge on any atom is 0.434 e.